The quantitative estimate of drug-likeness (QED) is 0.780. The second kappa shape index (κ2) is 6.38. The van der Waals surface area contributed by atoms with Crippen molar-refractivity contribution < 1.29 is 14.9 Å². The minimum atomic E-state index is -0.246. The number of phenols is 1. The molecule has 0 spiro atoms. The number of benzene rings is 1. The van der Waals surface area contributed by atoms with E-state index in [1.54, 1.807) is 6.07 Å². The third kappa shape index (κ3) is 3.74. The summed E-state index contributed by atoms with van der Waals surface area (Å²) in [6.45, 7) is 4.38. The van der Waals surface area contributed by atoms with Crippen LogP contribution in [-0.2, 0) is 6.42 Å². The first kappa shape index (κ1) is 12.8. The zero-order valence-corrected chi connectivity index (χ0v) is 9.94. The molecule has 0 radical (unpaired) electrons. The predicted molar refractivity (Wildman–Crippen MR) is 63.9 cm³/mol. The molecule has 2 N–H and O–H groups in total. The number of rotatable bonds is 6. The number of phenolic OH excluding ortho intramolecular Hbond substituents is 1. The predicted octanol–water partition coefficient (Wildman–Crippen LogP) is 2.49. The molecule has 1 unspecified atom stereocenters. The molecule has 16 heavy (non-hydrogen) atoms. The van der Waals surface area contributed by atoms with Crippen LogP contribution in [0.25, 0.3) is 0 Å². The van der Waals surface area contributed by atoms with Crippen molar-refractivity contribution in [3.63, 3.8) is 0 Å². The lowest BCUT2D eigenvalue weighted by atomic mass is 10.1. The molecule has 3 nitrogen and oxygen atoms in total. The highest BCUT2D eigenvalue weighted by atomic mass is 16.5. The van der Waals surface area contributed by atoms with Crippen LogP contribution in [0.15, 0.2) is 18.2 Å². The first-order valence-electron chi connectivity index (χ1n) is 5.80. The van der Waals surface area contributed by atoms with E-state index in [0.717, 1.165) is 24.8 Å². The van der Waals surface area contributed by atoms with Gasteiger partial charge in [0.2, 0.25) is 0 Å². The van der Waals surface area contributed by atoms with Crippen molar-refractivity contribution in [2.75, 3.05) is 6.61 Å². The molecule has 1 aromatic rings. The number of ether oxygens (including phenoxy) is 1. The maximum absolute atomic E-state index is 9.52. The van der Waals surface area contributed by atoms with E-state index in [1.165, 1.54) is 0 Å². The SMILES string of the molecule is CCOc1cc(CCC(O)CC)ccc1O. The second-order valence-electron chi connectivity index (χ2n) is 3.84. The summed E-state index contributed by atoms with van der Waals surface area (Å²) in [7, 11) is 0. The smallest absolute Gasteiger partial charge is 0.161 e. The van der Waals surface area contributed by atoms with E-state index in [-0.39, 0.29) is 11.9 Å². The molecule has 90 valence electrons. The Morgan fingerprint density at radius 3 is 2.69 bits per heavy atom. The lowest BCUT2D eigenvalue weighted by Crippen LogP contribution is -2.05. The molecule has 1 rings (SSSR count). The fourth-order valence-electron chi connectivity index (χ4n) is 1.52. The van der Waals surface area contributed by atoms with Crippen molar-refractivity contribution in [2.24, 2.45) is 0 Å². The van der Waals surface area contributed by atoms with Gasteiger partial charge in [-0.25, -0.2) is 0 Å². The maximum Gasteiger partial charge on any atom is 0.161 e. The molecular weight excluding hydrogens is 204 g/mol. The van der Waals surface area contributed by atoms with Crippen LogP contribution in [0.5, 0.6) is 11.5 Å². The molecule has 3 heteroatoms. The fourth-order valence-corrected chi connectivity index (χ4v) is 1.52. The Kier molecular flexibility index (Phi) is 5.12. The molecule has 0 aromatic heterocycles. The van der Waals surface area contributed by atoms with Gasteiger partial charge in [0.15, 0.2) is 11.5 Å². The van der Waals surface area contributed by atoms with Crippen molar-refractivity contribution in [2.45, 2.75) is 39.2 Å². The Labute approximate surface area is 96.7 Å². The van der Waals surface area contributed by atoms with Crippen LogP contribution in [0.1, 0.15) is 32.3 Å². The highest BCUT2D eigenvalue weighted by Gasteiger charge is 2.05. The van der Waals surface area contributed by atoms with E-state index in [4.69, 9.17) is 4.74 Å². The highest BCUT2D eigenvalue weighted by Crippen LogP contribution is 2.27. The van der Waals surface area contributed by atoms with Crippen molar-refractivity contribution in [1.82, 2.24) is 0 Å². The highest BCUT2D eigenvalue weighted by molar-refractivity contribution is 5.41. The third-order valence-corrected chi connectivity index (χ3v) is 2.56. The van der Waals surface area contributed by atoms with Gasteiger partial charge in [0.25, 0.3) is 0 Å². The van der Waals surface area contributed by atoms with Gasteiger partial charge in [-0.2, -0.15) is 0 Å². The Morgan fingerprint density at radius 1 is 1.31 bits per heavy atom. The number of aryl methyl sites for hydroxylation is 1. The van der Waals surface area contributed by atoms with E-state index in [9.17, 15) is 10.2 Å². The van der Waals surface area contributed by atoms with Gasteiger partial charge in [-0.15, -0.1) is 0 Å². The molecule has 1 aromatic carbocycles. The number of aliphatic hydroxyl groups excluding tert-OH is 1. The normalized spacial score (nSPS) is 12.4. The summed E-state index contributed by atoms with van der Waals surface area (Å²) in [6, 6.07) is 5.33. The minimum absolute atomic E-state index is 0.168. The standard InChI is InChI=1S/C13H20O3/c1-3-11(14)7-5-10-6-8-12(15)13(9-10)16-4-2/h6,8-9,11,14-15H,3-5,7H2,1-2H3. The molecule has 0 aliphatic rings. The Bertz CT molecular complexity index is 323. The van der Waals surface area contributed by atoms with Crippen LogP contribution in [0.3, 0.4) is 0 Å². The Hall–Kier alpha value is -1.22. The summed E-state index contributed by atoms with van der Waals surface area (Å²) >= 11 is 0. The van der Waals surface area contributed by atoms with Gasteiger partial charge in [-0.1, -0.05) is 13.0 Å². The Morgan fingerprint density at radius 2 is 2.06 bits per heavy atom. The van der Waals surface area contributed by atoms with Gasteiger partial charge >= 0.3 is 0 Å². The summed E-state index contributed by atoms with van der Waals surface area (Å²) in [6.07, 6.45) is 2.07. The number of hydrogen-bond donors (Lipinski definition) is 2. The van der Waals surface area contributed by atoms with E-state index in [2.05, 4.69) is 0 Å². The first-order valence-corrected chi connectivity index (χ1v) is 5.80. The van der Waals surface area contributed by atoms with Crippen molar-refractivity contribution in [3.8, 4) is 11.5 Å². The average Bonchev–Trinajstić information content (AvgIpc) is 2.30. The molecule has 0 heterocycles. The molecule has 0 bridgehead atoms. The number of aromatic hydroxyl groups is 1. The fraction of sp³-hybridized carbons (Fsp3) is 0.538. The Balaban J connectivity index is 2.63. The lowest BCUT2D eigenvalue weighted by Gasteiger charge is -2.10. The van der Waals surface area contributed by atoms with Crippen LogP contribution in [-0.4, -0.2) is 22.9 Å². The van der Waals surface area contributed by atoms with Gasteiger partial charge in [-0.3, -0.25) is 0 Å². The molecule has 0 aliphatic heterocycles. The monoisotopic (exact) mass is 224 g/mol. The van der Waals surface area contributed by atoms with Crippen LogP contribution in [0, 0.1) is 0 Å². The minimum Gasteiger partial charge on any atom is -0.504 e. The summed E-state index contributed by atoms with van der Waals surface area (Å²) < 4.78 is 5.30. The summed E-state index contributed by atoms with van der Waals surface area (Å²) in [4.78, 5) is 0. The molecule has 1 atom stereocenters. The van der Waals surface area contributed by atoms with Gasteiger partial charge in [0, 0.05) is 0 Å². The third-order valence-electron chi connectivity index (χ3n) is 2.56. The van der Waals surface area contributed by atoms with E-state index >= 15 is 0 Å². The zero-order chi connectivity index (χ0) is 12.0. The zero-order valence-electron chi connectivity index (χ0n) is 9.94. The topological polar surface area (TPSA) is 49.7 Å². The molecule has 0 amide bonds. The van der Waals surface area contributed by atoms with E-state index in [0.29, 0.717) is 12.4 Å². The van der Waals surface area contributed by atoms with Gasteiger partial charge in [-0.05, 0) is 43.9 Å². The van der Waals surface area contributed by atoms with Gasteiger partial charge in [0.05, 0.1) is 12.7 Å². The average molecular weight is 224 g/mol. The maximum atomic E-state index is 9.52. The van der Waals surface area contributed by atoms with E-state index < -0.39 is 0 Å². The molecule has 0 saturated heterocycles. The first-order chi connectivity index (χ1) is 7.67. The van der Waals surface area contributed by atoms with E-state index in [1.807, 2.05) is 26.0 Å². The van der Waals surface area contributed by atoms with Crippen molar-refractivity contribution >= 4 is 0 Å². The summed E-state index contributed by atoms with van der Waals surface area (Å²) in [5, 5.41) is 19.0. The molecule has 0 saturated carbocycles. The second-order valence-corrected chi connectivity index (χ2v) is 3.84. The van der Waals surface area contributed by atoms with Crippen LogP contribution in [0.2, 0.25) is 0 Å². The summed E-state index contributed by atoms with van der Waals surface area (Å²) in [5.41, 5.74) is 1.08. The lowest BCUT2D eigenvalue weighted by molar-refractivity contribution is 0.160. The van der Waals surface area contributed by atoms with Crippen LogP contribution < -0.4 is 4.74 Å². The van der Waals surface area contributed by atoms with Crippen LogP contribution in [0.4, 0.5) is 0 Å². The van der Waals surface area contributed by atoms with Crippen molar-refractivity contribution in [1.29, 1.82) is 0 Å². The number of hydrogen-bond acceptors (Lipinski definition) is 3. The molecule has 0 fully saturated rings. The van der Waals surface area contributed by atoms with Gasteiger partial charge < -0.3 is 14.9 Å². The van der Waals surface area contributed by atoms with Gasteiger partial charge in [0.1, 0.15) is 0 Å². The molecule has 0 aliphatic carbocycles. The summed E-state index contributed by atoms with van der Waals surface area (Å²) in [5.74, 6) is 0.688. The largest absolute Gasteiger partial charge is 0.504 e. The van der Waals surface area contributed by atoms with Crippen LogP contribution >= 0.6 is 0 Å². The van der Waals surface area contributed by atoms with Crippen molar-refractivity contribution in [3.05, 3.63) is 23.8 Å². The molecular formula is C13H20O3. The number of aliphatic hydroxyl groups is 1.